The van der Waals surface area contributed by atoms with E-state index in [-0.39, 0.29) is 0 Å². The maximum absolute atomic E-state index is 4.63. The van der Waals surface area contributed by atoms with Crippen LogP contribution in [0.15, 0.2) is 48.1 Å². The highest BCUT2D eigenvalue weighted by molar-refractivity contribution is 7.09. The Kier molecular flexibility index (Phi) is 3.90. The van der Waals surface area contributed by atoms with E-state index in [0.717, 1.165) is 35.0 Å². The summed E-state index contributed by atoms with van der Waals surface area (Å²) in [5, 5.41) is 10.9. The average molecular weight is 284 g/mol. The zero-order valence-electron chi connectivity index (χ0n) is 11.3. The maximum atomic E-state index is 4.63. The van der Waals surface area contributed by atoms with Gasteiger partial charge in [0.15, 0.2) is 0 Å². The van der Waals surface area contributed by atoms with Gasteiger partial charge in [-0.2, -0.15) is 5.10 Å². The fourth-order valence-corrected chi connectivity index (χ4v) is 2.71. The SMILES string of the molecule is CCNCc1nc(-c2cnn(-c3ccccc3)c2)cs1. The van der Waals surface area contributed by atoms with Crippen molar-refractivity contribution in [1.82, 2.24) is 20.1 Å². The molecule has 5 heteroatoms. The molecule has 1 aromatic carbocycles. The number of aromatic nitrogens is 3. The average Bonchev–Trinajstić information content (AvgIpc) is 3.15. The van der Waals surface area contributed by atoms with Crippen molar-refractivity contribution in [1.29, 1.82) is 0 Å². The van der Waals surface area contributed by atoms with E-state index in [4.69, 9.17) is 0 Å². The molecule has 2 heterocycles. The highest BCUT2D eigenvalue weighted by Gasteiger charge is 2.07. The van der Waals surface area contributed by atoms with Gasteiger partial charge in [0.05, 0.1) is 17.6 Å². The third kappa shape index (κ3) is 2.79. The molecular weight excluding hydrogens is 268 g/mol. The van der Waals surface area contributed by atoms with Gasteiger partial charge < -0.3 is 5.32 Å². The number of para-hydroxylation sites is 1. The first-order valence-electron chi connectivity index (χ1n) is 6.62. The molecule has 1 N–H and O–H groups in total. The monoisotopic (exact) mass is 284 g/mol. The molecule has 0 unspecified atom stereocenters. The van der Waals surface area contributed by atoms with Crippen LogP contribution in [0.25, 0.3) is 16.9 Å². The Hall–Kier alpha value is -1.98. The summed E-state index contributed by atoms with van der Waals surface area (Å²) in [6.07, 6.45) is 3.88. The van der Waals surface area contributed by atoms with Crippen LogP contribution in [-0.4, -0.2) is 21.3 Å². The molecule has 0 spiro atoms. The lowest BCUT2D eigenvalue weighted by Crippen LogP contribution is -2.11. The number of thiazole rings is 1. The summed E-state index contributed by atoms with van der Waals surface area (Å²) in [7, 11) is 0. The summed E-state index contributed by atoms with van der Waals surface area (Å²) in [6, 6.07) is 10.1. The van der Waals surface area contributed by atoms with E-state index in [0.29, 0.717) is 0 Å². The molecule has 0 saturated heterocycles. The van der Waals surface area contributed by atoms with Gasteiger partial charge in [-0.25, -0.2) is 9.67 Å². The molecule has 3 rings (SSSR count). The number of nitrogens with zero attached hydrogens (tertiary/aromatic N) is 3. The Labute approximate surface area is 122 Å². The zero-order valence-corrected chi connectivity index (χ0v) is 12.1. The van der Waals surface area contributed by atoms with Crippen LogP contribution in [0.1, 0.15) is 11.9 Å². The first-order chi connectivity index (χ1) is 9.86. The Bertz CT molecular complexity index is 672. The molecule has 4 nitrogen and oxygen atoms in total. The van der Waals surface area contributed by atoms with Crippen molar-refractivity contribution >= 4 is 11.3 Å². The third-order valence-electron chi connectivity index (χ3n) is 2.98. The van der Waals surface area contributed by atoms with E-state index in [9.17, 15) is 0 Å². The first-order valence-corrected chi connectivity index (χ1v) is 7.50. The molecule has 20 heavy (non-hydrogen) atoms. The van der Waals surface area contributed by atoms with Crippen LogP contribution in [0.3, 0.4) is 0 Å². The molecule has 0 fully saturated rings. The Morgan fingerprint density at radius 1 is 1.25 bits per heavy atom. The number of hydrogen-bond donors (Lipinski definition) is 1. The van der Waals surface area contributed by atoms with E-state index in [1.807, 2.05) is 47.4 Å². The predicted molar refractivity (Wildman–Crippen MR) is 82.1 cm³/mol. The van der Waals surface area contributed by atoms with Crippen LogP contribution in [0.5, 0.6) is 0 Å². The Morgan fingerprint density at radius 2 is 2.10 bits per heavy atom. The summed E-state index contributed by atoms with van der Waals surface area (Å²) >= 11 is 1.68. The summed E-state index contributed by atoms with van der Waals surface area (Å²) in [4.78, 5) is 4.63. The minimum absolute atomic E-state index is 0.827. The van der Waals surface area contributed by atoms with E-state index >= 15 is 0 Å². The molecule has 0 bridgehead atoms. The molecule has 0 radical (unpaired) electrons. The van der Waals surface area contributed by atoms with Crippen molar-refractivity contribution in [2.75, 3.05) is 6.54 Å². The molecule has 0 amide bonds. The van der Waals surface area contributed by atoms with Gasteiger partial charge in [0.25, 0.3) is 0 Å². The Morgan fingerprint density at radius 3 is 2.90 bits per heavy atom. The van der Waals surface area contributed by atoms with E-state index in [1.165, 1.54) is 0 Å². The lowest BCUT2D eigenvalue weighted by Gasteiger charge is -1.98. The van der Waals surface area contributed by atoms with Crippen LogP contribution in [0.2, 0.25) is 0 Å². The van der Waals surface area contributed by atoms with Crippen molar-refractivity contribution in [3.05, 3.63) is 53.1 Å². The summed E-state index contributed by atoms with van der Waals surface area (Å²) in [5.74, 6) is 0. The summed E-state index contributed by atoms with van der Waals surface area (Å²) < 4.78 is 1.87. The van der Waals surface area contributed by atoms with Crippen molar-refractivity contribution in [2.45, 2.75) is 13.5 Å². The molecule has 0 atom stereocenters. The standard InChI is InChI=1S/C15H16N4S/c1-2-16-9-15-18-14(11-20-15)12-8-17-19(10-12)13-6-4-3-5-7-13/h3-8,10-11,16H,2,9H2,1H3. The maximum Gasteiger partial charge on any atom is 0.107 e. The van der Waals surface area contributed by atoms with Gasteiger partial charge in [0.2, 0.25) is 0 Å². The zero-order chi connectivity index (χ0) is 13.8. The van der Waals surface area contributed by atoms with Crippen molar-refractivity contribution in [3.8, 4) is 16.9 Å². The Balaban J connectivity index is 1.81. The van der Waals surface area contributed by atoms with E-state index in [1.54, 1.807) is 11.3 Å². The van der Waals surface area contributed by atoms with Crippen LogP contribution >= 0.6 is 11.3 Å². The quantitative estimate of drug-likeness (QED) is 0.783. The van der Waals surface area contributed by atoms with E-state index in [2.05, 4.69) is 27.7 Å². The smallest absolute Gasteiger partial charge is 0.107 e. The number of benzene rings is 1. The van der Waals surface area contributed by atoms with Crippen LogP contribution in [-0.2, 0) is 6.54 Å². The molecule has 3 aromatic rings. The minimum Gasteiger partial charge on any atom is -0.311 e. The highest BCUT2D eigenvalue weighted by atomic mass is 32.1. The van der Waals surface area contributed by atoms with Crippen LogP contribution < -0.4 is 5.32 Å². The second kappa shape index (κ2) is 5.98. The first kappa shape index (κ1) is 13.0. The van der Waals surface area contributed by atoms with E-state index < -0.39 is 0 Å². The van der Waals surface area contributed by atoms with Gasteiger partial charge in [-0.3, -0.25) is 0 Å². The van der Waals surface area contributed by atoms with Crippen LogP contribution in [0, 0.1) is 0 Å². The lowest BCUT2D eigenvalue weighted by atomic mass is 10.3. The van der Waals surface area contributed by atoms with Gasteiger partial charge in [-0.15, -0.1) is 11.3 Å². The molecular formula is C15H16N4S. The van der Waals surface area contributed by atoms with Gasteiger partial charge in [-0.1, -0.05) is 25.1 Å². The largest absolute Gasteiger partial charge is 0.311 e. The molecule has 2 aromatic heterocycles. The third-order valence-corrected chi connectivity index (χ3v) is 3.83. The number of hydrogen-bond acceptors (Lipinski definition) is 4. The summed E-state index contributed by atoms with van der Waals surface area (Å²) in [6.45, 7) is 3.88. The molecule has 0 saturated carbocycles. The number of rotatable bonds is 5. The van der Waals surface area contributed by atoms with Crippen LogP contribution in [0.4, 0.5) is 0 Å². The fraction of sp³-hybridized carbons (Fsp3) is 0.200. The summed E-state index contributed by atoms with van der Waals surface area (Å²) in [5.41, 5.74) is 3.10. The van der Waals surface area contributed by atoms with Gasteiger partial charge in [-0.05, 0) is 18.7 Å². The fourth-order valence-electron chi connectivity index (χ4n) is 1.93. The molecule has 0 aliphatic carbocycles. The highest BCUT2D eigenvalue weighted by Crippen LogP contribution is 2.22. The molecule has 0 aliphatic heterocycles. The second-order valence-corrected chi connectivity index (χ2v) is 5.36. The molecule has 102 valence electrons. The van der Waals surface area contributed by atoms with Crippen molar-refractivity contribution < 1.29 is 0 Å². The van der Waals surface area contributed by atoms with Gasteiger partial charge >= 0.3 is 0 Å². The predicted octanol–water partition coefficient (Wildman–Crippen LogP) is 3.11. The topological polar surface area (TPSA) is 42.7 Å². The second-order valence-electron chi connectivity index (χ2n) is 4.42. The molecule has 0 aliphatic rings. The van der Waals surface area contributed by atoms with Gasteiger partial charge in [0, 0.05) is 23.7 Å². The van der Waals surface area contributed by atoms with Crippen molar-refractivity contribution in [3.63, 3.8) is 0 Å². The number of nitrogens with one attached hydrogen (secondary N) is 1. The normalized spacial score (nSPS) is 10.8. The lowest BCUT2D eigenvalue weighted by molar-refractivity contribution is 0.723. The van der Waals surface area contributed by atoms with Crippen molar-refractivity contribution in [2.24, 2.45) is 0 Å². The minimum atomic E-state index is 0.827. The van der Waals surface area contributed by atoms with Gasteiger partial charge in [0.1, 0.15) is 5.01 Å².